The number of hydrogen-bond acceptors (Lipinski definition) is 4. The van der Waals surface area contributed by atoms with Crippen LogP contribution in [0.1, 0.15) is 29.9 Å². The molecule has 112 valence electrons. The van der Waals surface area contributed by atoms with Crippen molar-refractivity contribution in [2.75, 3.05) is 19.0 Å². The van der Waals surface area contributed by atoms with Gasteiger partial charge in [0.25, 0.3) is 5.91 Å². The van der Waals surface area contributed by atoms with Gasteiger partial charge in [0.15, 0.2) is 17.3 Å². The summed E-state index contributed by atoms with van der Waals surface area (Å²) in [5.41, 5.74) is 1.45. The van der Waals surface area contributed by atoms with Gasteiger partial charge >= 0.3 is 0 Å². The van der Waals surface area contributed by atoms with Crippen molar-refractivity contribution in [3.05, 3.63) is 35.5 Å². The average Bonchev–Trinajstić information content (AvgIpc) is 2.95. The van der Waals surface area contributed by atoms with E-state index < -0.39 is 0 Å². The van der Waals surface area contributed by atoms with Crippen molar-refractivity contribution in [3.63, 3.8) is 0 Å². The highest BCUT2D eigenvalue weighted by molar-refractivity contribution is 6.04. The topological polar surface area (TPSA) is 76.2 Å². The smallest absolute Gasteiger partial charge is 0.257 e. The third kappa shape index (κ3) is 3.53. The minimum atomic E-state index is -0.245. The van der Waals surface area contributed by atoms with E-state index in [1.165, 1.54) is 0 Å². The molecule has 21 heavy (non-hydrogen) atoms. The summed E-state index contributed by atoms with van der Waals surface area (Å²) in [6.45, 7) is 4.44. The summed E-state index contributed by atoms with van der Waals surface area (Å²) in [5, 5.41) is 9.62. The Bertz CT molecular complexity index is 622. The van der Waals surface area contributed by atoms with Gasteiger partial charge in [-0.2, -0.15) is 5.10 Å². The Labute approximate surface area is 123 Å². The Morgan fingerprint density at radius 2 is 2.10 bits per heavy atom. The van der Waals surface area contributed by atoms with Crippen molar-refractivity contribution in [2.24, 2.45) is 0 Å². The van der Waals surface area contributed by atoms with Crippen LogP contribution in [0.15, 0.2) is 24.3 Å². The van der Waals surface area contributed by atoms with Gasteiger partial charge in [0.1, 0.15) is 0 Å². The lowest BCUT2D eigenvalue weighted by Crippen LogP contribution is -2.12. The summed E-state index contributed by atoms with van der Waals surface area (Å²) in [6, 6.07) is 6.87. The van der Waals surface area contributed by atoms with Crippen LogP contribution in [0.25, 0.3) is 0 Å². The molecule has 2 rings (SSSR count). The van der Waals surface area contributed by atoms with Crippen molar-refractivity contribution in [1.82, 2.24) is 10.2 Å². The Balaban J connectivity index is 2.15. The number of hydrogen-bond donors (Lipinski definition) is 2. The first-order valence-electron chi connectivity index (χ1n) is 6.84. The second-order valence-corrected chi connectivity index (χ2v) is 4.38. The number of H-pyrrole nitrogens is 1. The van der Waals surface area contributed by atoms with Gasteiger partial charge in [-0.1, -0.05) is 6.92 Å². The fraction of sp³-hybridized carbons (Fsp3) is 0.333. The summed E-state index contributed by atoms with van der Waals surface area (Å²) in [5.74, 6) is 1.40. The fourth-order valence-electron chi connectivity index (χ4n) is 1.88. The van der Waals surface area contributed by atoms with E-state index in [1.54, 1.807) is 25.3 Å². The number of ether oxygens (including phenoxy) is 2. The standard InChI is InChI=1S/C15H19N3O3/c1-4-11-9-14(18-17-11)16-15(19)10-6-7-12(21-5-2)13(8-10)20-3/h6-9H,4-5H2,1-3H3,(H2,16,17,18,19). The average molecular weight is 289 g/mol. The number of amides is 1. The molecule has 1 heterocycles. The van der Waals surface area contributed by atoms with Crippen molar-refractivity contribution in [2.45, 2.75) is 20.3 Å². The normalized spacial score (nSPS) is 10.2. The molecule has 0 spiro atoms. The first kappa shape index (κ1) is 14.9. The van der Waals surface area contributed by atoms with Gasteiger partial charge in [-0.15, -0.1) is 0 Å². The lowest BCUT2D eigenvalue weighted by atomic mass is 10.2. The Kier molecular flexibility index (Phi) is 4.81. The molecular formula is C15H19N3O3. The zero-order valence-corrected chi connectivity index (χ0v) is 12.4. The molecule has 0 fully saturated rings. The first-order chi connectivity index (χ1) is 10.2. The fourth-order valence-corrected chi connectivity index (χ4v) is 1.88. The molecule has 0 radical (unpaired) electrons. The number of anilines is 1. The lowest BCUT2D eigenvalue weighted by molar-refractivity contribution is 0.102. The number of carbonyl (C=O) groups is 1. The number of methoxy groups -OCH3 is 1. The summed E-state index contributed by atoms with van der Waals surface area (Å²) < 4.78 is 10.7. The quantitative estimate of drug-likeness (QED) is 0.857. The monoisotopic (exact) mass is 289 g/mol. The maximum absolute atomic E-state index is 12.2. The third-order valence-corrected chi connectivity index (χ3v) is 2.98. The van der Waals surface area contributed by atoms with Gasteiger partial charge in [0.05, 0.1) is 13.7 Å². The third-order valence-electron chi connectivity index (χ3n) is 2.98. The summed E-state index contributed by atoms with van der Waals surface area (Å²) in [7, 11) is 1.54. The second-order valence-electron chi connectivity index (χ2n) is 4.38. The van der Waals surface area contributed by atoms with Gasteiger partial charge in [-0.3, -0.25) is 9.89 Å². The van der Waals surface area contributed by atoms with Crippen LogP contribution >= 0.6 is 0 Å². The van der Waals surface area contributed by atoms with Crippen LogP contribution in [0, 0.1) is 0 Å². The van der Waals surface area contributed by atoms with Gasteiger partial charge < -0.3 is 14.8 Å². The highest BCUT2D eigenvalue weighted by Crippen LogP contribution is 2.28. The van der Waals surface area contributed by atoms with Crippen LogP contribution in [0.3, 0.4) is 0 Å². The van der Waals surface area contributed by atoms with Gasteiger partial charge in [0.2, 0.25) is 0 Å². The Morgan fingerprint density at radius 1 is 1.29 bits per heavy atom. The minimum Gasteiger partial charge on any atom is -0.493 e. The number of aromatic amines is 1. The van der Waals surface area contributed by atoms with Crippen molar-refractivity contribution >= 4 is 11.7 Å². The van der Waals surface area contributed by atoms with E-state index in [4.69, 9.17) is 9.47 Å². The number of aromatic nitrogens is 2. The van der Waals surface area contributed by atoms with E-state index in [9.17, 15) is 4.79 Å². The molecule has 0 aliphatic carbocycles. The molecule has 0 atom stereocenters. The molecule has 0 unspecified atom stereocenters. The number of benzene rings is 1. The molecule has 0 aliphatic rings. The molecule has 1 aromatic heterocycles. The van der Waals surface area contributed by atoms with E-state index in [0.29, 0.717) is 29.5 Å². The highest BCUT2D eigenvalue weighted by Gasteiger charge is 2.12. The number of rotatable bonds is 6. The zero-order valence-electron chi connectivity index (χ0n) is 12.4. The van der Waals surface area contributed by atoms with Crippen molar-refractivity contribution < 1.29 is 14.3 Å². The highest BCUT2D eigenvalue weighted by atomic mass is 16.5. The van der Waals surface area contributed by atoms with Crippen LogP contribution in [0.4, 0.5) is 5.82 Å². The predicted molar refractivity (Wildman–Crippen MR) is 80.1 cm³/mol. The van der Waals surface area contributed by atoms with E-state index in [1.807, 2.05) is 19.9 Å². The second kappa shape index (κ2) is 6.78. The SMILES string of the molecule is CCOc1ccc(C(=O)Nc2cc(CC)[nH]n2)cc1OC. The lowest BCUT2D eigenvalue weighted by Gasteiger charge is -2.10. The molecule has 2 N–H and O–H groups in total. The molecule has 6 nitrogen and oxygen atoms in total. The molecule has 0 bridgehead atoms. The van der Waals surface area contributed by atoms with Crippen LogP contribution in [0.5, 0.6) is 11.5 Å². The molecular weight excluding hydrogens is 270 g/mol. The summed E-state index contributed by atoms with van der Waals surface area (Å²) in [6.07, 6.45) is 0.833. The summed E-state index contributed by atoms with van der Waals surface area (Å²) in [4.78, 5) is 12.2. The van der Waals surface area contributed by atoms with Gasteiger partial charge in [-0.05, 0) is 31.5 Å². The van der Waals surface area contributed by atoms with E-state index in [0.717, 1.165) is 12.1 Å². The molecule has 1 amide bonds. The molecule has 1 aromatic carbocycles. The Morgan fingerprint density at radius 3 is 2.71 bits per heavy atom. The summed E-state index contributed by atoms with van der Waals surface area (Å²) >= 11 is 0. The number of carbonyl (C=O) groups excluding carboxylic acids is 1. The van der Waals surface area contributed by atoms with E-state index >= 15 is 0 Å². The van der Waals surface area contributed by atoms with Crippen molar-refractivity contribution in [1.29, 1.82) is 0 Å². The number of nitrogens with zero attached hydrogens (tertiary/aromatic N) is 1. The molecule has 0 saturated carbocycles. The largest absolute Gasteiger partial charge is 0.493 e. The molecule has 6 heteroatoms. The molecule has 0 saturated heterocycles. The number of nitrogens with one attached hydrogen (secondary N) is 2. The van der Waals surface area contributed by atoms with Gasteiger partial charge in [0, 0.05) is 17.3 Å². The number of aryl methyl sites for hydroxylation is 1. The van der Waals surface area contributed by atoms with Crippen LogP contribution < -0.4 is 14.8 Å². The molecule has 2 aromatic rings. The van der Waals surface area contributed by atoms with E-state index in [-0.39, 0.29) is 5.91 Å². The first-order valence-corrected chi connectivity index (χ1v) is 6.84. The van der Waals surface area contributed by atoms with Crippen LogP contribution in [-0.4, -0.2) is 29.8 Å². The minimum absolute atomic E-state index is 0.245. The molecule has 0 aliphatic heterocycles. The van der Waals surface area contributed by atoms with E-state index in [2.05, 4.69) is 15.5 Å². The van der Waals surface area contributed by atoms with Crippen LogP contribution in [0.2, 0.25) is 0 Å². The predicted octanol–water partition coefficient (Wildman–Crippen LogP) is 2.63. The van der Waals surface area contributed by atoms with Crippen molar-refractivity contribution in [3.8, 4) is 11.5 Å². The maximum atomic E-state index is 12.2. The van der Waals surface area contributed by atoms with Crippen LogP contribution in [-0.2, 0) is 6.42 Å². The Hall–Kier alpha value is -2.50. The maximum Gasteiger partial charge on any atom is 0.257 e. The van der Waals surface area contributed by atoms with Gasteiger partial charge in [-0.25, -0.2) is 0 Å². The zero-order chi connectivity index (χ0) is 15.2.